The maximum Gasteiger partial charge on any atom is 0.225 e. The Hall–Kier alpha value is -2.09. The van der Waals surface area contributed by atoms with Gasteiger partial charge in [-0.3, -0.25) is 4.79 Å². The van der Waals surface area contributed by atoms with E-state index in [9.17, 15) is 4.79 Å². The summed E-state index contributed by atoms with van der Waals surface area (Å²) in [6, 6.07) is 14.1. The highest BCUT2D eigenvalue weighted by Gasteiger charge is 1.97. The zero-order valence-corrected chi connectivity index (χ0v) is 8.84. The first-order valence-electron chi connectivity index (χ1n) is 5.13. The maximum atomic E-state index is 10.1. The predicted molar refractivity (Wildman–Crippen MR) is 64.7 cm³/mol. The Kier molecular flexibility index (Phi) is 3.34. The largest absolute Gasteiger partial charge is 0.344 e. The molecule has 16 heavy (non-hydrogen) atoms. The van der Waals surface area contributed by atoms with E-state index in [0.717, 1.165) is 12.2 Å². The molecule has 2 aromatic rings. The fraction of sp³-hybridized carbons (Fsp3) is 0.0714. The molecule has 0 amide bonds. The molecule has 0 aliphatic heterocycles. The molecule has 1 aromatic carbocycles. The highest BCUT2D eigenvalue weighted by atomic mass is 16.1. The fourth-order valence-electron chi connectivity index (χ4n) is 1.62. The molecular weight excluding hydrogens is 198 g/mol. The van der Waals surface area contributed by atoms with Crippen molar-refractivity contribution in [2.75, 3.05) is 0 Å². The van der Waals surface area contributed by atoms with E-state index < -0.39 is 0 Å². The van der Waals surface area contributed by atoms with Crippen LogP contribution in [0.25, 0.3) is 6.08 Å². The van der Waals surface area contributed by atoms with Gasteiger partial charge >= 0.3 is 0 Å². The minimum absolute atomic E-state index is 0.812. The number of hydrogen-bond donors (Lipinski definition) is 0. The van der Waals surface area contributed by atoms with Gasteiger partial charge in [0.15, 0.2) is 0 Å². The second-order valence-electron chi connectivity index (χ2n) is 3.50. The van der Waals surface area contributed by atoms with E-state index in [2.05, 4.69) is 16.7 Å². The van der Waals surface area contributed by atoms with Gasteiger partial charge in [-0.25, -0.2) is 0 Å². The van der Waals surface area contributed by atoms with Crippen molar-refractivity contribution >= 4 is 12.4 Å². The van der Waals surface area contributed by atoms with Gasteiger partial charge in [0.25, 0.3) is 0 Å². The van der Waals surface area contributed by atoms with Crippen LogP contribution in [0.3, 0.4) is 0 Å². The van der Waals surface area contributed by atoms with E-state index in [4.69, 9.17) is 0 Å². The topological polar surface area (TPSA) is 22.0 Å². The lowest BCUT2D eigenvalue weighted by molar-refractivity contribution is 0.564. The average molecular weight is 210 g/mol. The molecule has 0 N–H and O–H groups in total. The smallest absolute Gasteiger partial charge is 0.225 e. The standard InChI is InChI=1S/C14H12NO/c16-11-5-9-14-8-4-10-15(14)12-13-6-2-1-3-7-13/h1-10H,12H2/b9-5+. The molecule has 2 heteroatoms. The zero-order valence-electron chi connectivity index (χ0n) is 8.84. The molecule has 1 radical (unpaired) electrons. The molecule has 0 spiro atoms. The lowest BCUT2D eigenvalue weighted by atomic mass is 10.2. The summed E-state index contributed by atoms with van der Waals surface area (Å²) in [5.74, 6) is 0. The van der Waals surface area contributed by atoms with Crippen molar-refractivity contribution in [3.63, 3.8) is 0 Å². The Balaban J connectivity index is 2.19. The summed E-state index contributed by atoms with van der Waals surface area (Å²) in [5, 5.41) is 0. The Labute approximate surface area is 94.8 Å². The molecule has 2 nitrogen and oxygen atoms in total. The lowest BCUT2D eigenvalue weighted by Crippen LogP contribution is -1.99. The highest BCUT2D eigenvalue weighted by molar-refractivity contribution is 5.73. The summed E-state index contributed by atoms with van der Waals surface area (Å²) in [6.45, 7) is 0.812. The van der Waals surface area contributed by atoms with Crippen molar-refractivity contribution in [3.8, 4) is 0 Å². The Bertz CT molecular complexity index is 482. The van der Waals surface area contributed by atoms with E-state index >= 15 is 0 Å². The van der Waals surface area contributed by atoms with Crippen molar-refractivity contribution in [1.29, 1.82) is 0 Å². The number of allylic oxidation sites excluding steroid dienone is 1. The molecular formula is C14H12NO. The zero-order chi connectivity index (χ0) is 11.2. The van der Waals surface area contributed by atoms with Gasteiger partial charge in [0.1, 0.15) is 0 Å². The summed E-state index contributed by atoms with van der Waals surface area (Å²) in [4.78, 5) is 10.1. The minimum Gasteiger partial charge on any atom is -0.344 e. The van der Waals surface area contributed by atoms with Crippen LogP contribution in [0.15, 0.2) is 54.7 Å². The number of benzene rings is 1. The number of rotatable bonds is 4. The van der Waals surface area contributed by atoms with Crippen molar-refractivity contribution in [1.82, 2.24) is 4.57 Å². The predicted octanol–water partition coefficient (Wildman–Crippen LogP) is 2.66. The van der Waals surface area contributed by atoms with Gasteiger partial charge in [-0.2, -0.15) is 0 Å². The van der Waals surface area contributed by atoms with Crippen LogP contribution < -0.4 is 0 Å². The SMILES string of the molecule is O=[C]/C=C/c1cccn1Cc1ccccc1. The third kappa shape index (κ3) is 2.48. The van der Waals surface area contributed by atoms with Crippen molar-refractivity contribution in [3.05, 3.63) is 66.0 Å². The normalized spacial score (nSPS) is 10.8. The van der Waals surface area contributed by atoms with E-state index in [1.54, 1.807) is 12.4 Å². The quantitative estimate of drug-likeness (QED) is 0.711. The second kappa shape index (κ2) is 5.12. The van der Waals surface area contributed by atoms with Crippen LogP contribution in [-0.4, -0.2) is 10.9 Å². The molecule has 0 bridgehead atoms. The summed E-state index contributed by atoms with van der Waals surface area (Å²) >= 11 is 0. The van der Waals surface area contributed by atoms with Crippen LogP contribution >= 0.6 is 0 Å². The van der Waals surface area contributed by atoms with Crippen LogP contribution in [0, 0.1) is 0 Å². The van der Waals surface area contributed by atoms with Crippen LogP contribution in [0.5, 0.6) is 0 Å². The van der Waals surface area contributed by atoms with Crippen LogP contribution in [0.4, 0.5) is 0 Å². The molecule has 0 fully saturated rings. The molecule has 79 valence electrons. The molecule has 0 aliphatic rings. The third-order valence-corrected chi connectivity index (χ3v) is 2.38. The number of aromatic nitrogens is 1. The average Bonchev–Trinajstić information content (AvgIpc) is 2.75. The van der Waals surface area contributed by atoms with Gasteiger partial charge in [-0.05, 0) is 29.8 Å². The molecule has 2 rings (SSSR count). The molecule has 1 heterocycles. The third-order valence-electron chi connectivity index (χ3n) is 2.38. The Morgan fingerprint density at radius 1 is 1.12 bits per heavy atom. The number of hydrogen-bond acceptors (Lipinski definition) is 1. The first-order valence-corrected chi connectivity index (χ1v) is 5.13. The van der Waals surface area contributed by atoms with Crippen molar-refractivity contribution in [2.45, 2.75) is 6.54 Å². The Morgan fingerprint density at radius 2 is 1.94 bits per heavy atom. The fourth-order valence-corrected chi connectivity index (χ4v) is 1.62. The van der Waals surface area contributed by atoms with Crippen molar-refractivity contribution in [2.24, 2.45) is 0 Å². The van der Waals surface area contributed by atoms with Crippen LogP contribution in [0.1, 0.15) is 11.3 Å². The van der Waals surface area contributed by atoms with Gasteiger partial charge in [0, 0.05) is 18.4 Å². The van der Waals surface area contributed by atoms with E-state index in [-0.39, 0.29) is 0 Å². The first-order chi connectivity index (χ1) is 7.90. The van der Waals surface area contributed by atoms with E-state index in [1.165, 1.54) is 11.6 Å². The molecule has 0 atom stereocenters. The molecule has 0 aliphatic carbocycles. The highest BCUT2D eigenvalue weighted by Crippen LogP contribution is 2.08. The summed E-state index contributed by atoms with van der Waals surface area (Å²) in [6.07, 6.45) is 6.90. The maximum absolute atomic E-state index is 10.1. The van der Waals surface area contributed by atoms with E-state index in [1.807, 2.05) is 36.5 Å². The summed E-state index contributed by atoms with van der Waals surface area (Å²) in [5.41, 5.74) is 2.25. The van der Waals surface area contributed by atoms with Crippen LogP contribution in [-0.2, 0) is 11.3 Å². The molecule has 1 aromatic heterocycles. The van der Waals surface area contributed by atoms with E-state index in [0.29, 0.717) is 0 Å². The van der Waals surface area contributed by atoms with Gasteiger partial charge in [0.05, 0.1) is 0 Å². The molecule has 0 saturated carbocycles. The Morgan fingerprint density at radius 3 is 2.69 bits per heavy atom. The second-order valence-corrected chi connectivity index (χ2v) is 3.50. The van der Waals surface area contributed by atoms with Gasteiger partial charge in [-0.1, -0.05) is 30.3 Å². The molecule has 0 saturated heterocycles. The first kappa shape index (κ1) is 10.4. The summed E-state index contributed by atoms with van der Waals surface area (Å²) < 4.78 is 2.09. The monoisotopic (exact) mass is 210 g/mol. The number of carbonyl (C=O) groups excluding carboxylic acids is 1. The van der Waals surface area contributed by atoms with Crippen molar-refractivity contribution < 1.29 is 4.79 Å². The summed E-state index contributed by atoms with van der Waals surface area (Å²) in [7, 11) is 0. The minimum atomic E-state index is 0.812. The lowest BCUT2D eigenvalue weighted by Gasteiger charge is -2.06. The number of nitrogens with zero attached hydrogens (tertiary/aromatic N) is 1. The van der Waals surface area contributed by atoms with Gasteiger partial charge in [-0.15, -0.1) is 0 Å². The van der Waals surface area contributed by atoms with Crippen LogP contribution in [0.2, 0.25) is 0 Å². The molecule has 0 unspecified atom stereocenters. The van der Waals surface area contributed by atoms with Gasteiger partial charge < -0.3 is 4.57 Å². The van der Waals surface area contributed by atoms with Gasteiger partial charge in [0.2, 0.25) is 6.29 Å².